The number of rotatable bonds is 1. The van der Waals surface area contributed by atoms with Crippen LogP contribution in [0.2, 0.25) is 0 Å². The fourth-order valence-corrected chi connectivity index (χ4v) is 1.81. The quantitative estimate of drug-likeness (QED) is 0.614. The van der Waals surface area contributed by atoms with E-state index in [-0.39, 0.29) is 5.82 Å². The molecule has 2 rings (SSSR count). The van der Waals surface area contributed by atoms with Gasteiger partial charge in [0.2, 0.25) is 0 Å². The predicted octanol–water partition coefficient (Wildman–Crippen LogP) is 2.41. The van der Waals surface area contributed by atoms with Crippen LogP contribution < -0.4 is 0 Å². The van der Waals surface area contributed by atoms with Gasteiger partial charge in [-0.1, -0.05) is 12.1 Å². The SMILES string of the molecule is Fc1cccc2c1CCN=C2CCl. The highest BCUT2D eigenvalue weighted by Gasteiger charge is 2.15. The molecule has 1 aromatic carbocycles. The molecular formula is C10H9ClFN. The summed E-state index contributed by atoms with van der Waals surface area (Å²) in [6.45, 7) is 0.649. The minimum absolute atomic E-state index is 0.144. The van der Waals surface area contributed by atoms with Crippen molar-refractivity contribution < 1.29 is 4.39 Å². The van der Waals surface area contributed by atoms with Crippen molar-refractivity contribution >= 4 is 17.3 Å². The number of fused-ring (bicyclic) bond motifs is 1. The number of alkyl halides is 1. The van der Waals surface area contributed by atoms with Crippen LogP contribution >= 0.6 is 11.6 Å². The van der Waals surface area contributed by atoms with E-state index in [4.69, 9.17) is 11.6 Å². The highest BCUT2D eigenvalue weighted by molar-refractivity contribution is 6.32. The Kier molecular flexibility index (Phi) is 2.32. The van der Waals surface area contributed by atoms with E-state index in [2.05, 4.69) is 4.99 Å². The number of nitrogens with zero attached hydrogens (tertiary/aromatic N) is 1. The Morgan fingerprint density at radius 3 is 3.08 bits per heavy atom. The van der Waals surface area contributed by atoms with Crippen molar-refractivity contribution in [2.75, 3.05) is 12.4 Å². The van der Waals surface area contributed by atoms with Gasteiger partial charge in [-0.15, -0.1) is 11.6 Å². The summed E-state index contributed by atoms with van der Waals surface area (Å²) in [5.41, 5.74) is 2.44. The van der Waals surface area contributed by atoms with E-state index in [0.717, 1.165) is 16.8 Å². The summed E-state index contributed by atoms with van der Waals surface area (Å²) >= 11 is 5.71. The molecule has 0 spiro atoms. The number of benzene rings is 1. The van der Waals surface area contributed by atoms with Crippen molar-refractivity contribution in [3.63, 3.8) is 0 Å². The average molecular weight is 198 g/mol. The molecule has 1 nitrogen and oxygen atoms in total. The highest BCUT2D eigenvalue weighted by Crippen LogP contribution is 2.19. The molecule has 1 aliphatic rings. The maximum absolute atomic E-state index is 13.3. The molecule has 0 unspecified atom stereocenters. The largest absolute Gasteiger partial charge is 0.288 e. The van der Waals surface area contributed by atoms with Gasteiger partial charge in [-0.3, -0.25) is 4.99 Å². The Labute approximate surface area is 81.2 Å². The van der Waals surface area contributed by atoms with Gasteiger partial charge in [0.25, 0.3) is 0 Å². The van der Waals surface area contributed by atoms with Gasteiger partial charge in [0.05, 0.1) is 11.6 Å². The molecule has 0 aromatic heterocycles. The lowest BCUT2D eigenvalue weighted by Gasteiger charge is -2.15. The maximum Gasteiger partial charge on any atom is 0.127 e. The van der Waals surface area contributed by atoms with Gasteiger partial charge in [-0.25, -0.2) is 4.39 Å². The predicted molar refractivity (Wildman–Crippen MR) is 52.2 cm³/mol. The first-order valence-electron chi connectivity index (χ1n) is 4.20. The molecule has 0 fully saturated rings. The Hall–Kier alpha value is -0.890. The van der Waals surface area contributed by atoms with Crippen LogP contribution in [0.5, 0.6) is 0 Å². The summed E-state index contributed by atoms with van der Waals surface area (Å²) in [5.74, 6) is 0.214. The molecule has 0 saturated carbocycles. The monoisotopic (exact) mass is 197 g/mol. The summed E-state index contributed by atoms with van der Waals surface area (Å²) in [6.07, 6.45) is 0.683. The normalized spacial score (nSPS) is 15.1. The molecule has 0 atom stereocenters. The zero-order chi connectivity index (χ0) is 9.26. The molecular weight excluding hydrogens is 189 g/mol. The van der Waals surface area contributed by atoms with E-state index in [1.165, 1.54) is 6.07 Å². The number of hydrogen-bond acceptors (Lipinski definition) is 1. The van der Waals surface area contributed by atoms with Crippen LogP contribution in [0.3, 0.4) is 0 Å². The molecule has 0 N–H and O–H groups in total. The van der Waals surface area contributed by atoms with E-state index < -0.39 is 0 Å². The molecule has 1 heterocycles. The minimum atomic E-state index is -0.144. The fourth-order valence-electron chi connectivity index (χ4n) is 1.59. The third-order valence-electron chi connectivity index (χ3n) is 2.22. The summed E-state index contributed by atoms with van der Waals surface area (Å²) < 4.78 is 13.3. The van der Waals surface area contributed by atoms with Crippen molar-refractivity contribution in [3.05, 3.63) is 35.1 Å². The third kappa shape index (κ3) is 1.46. The molecule has 3 heteroatoms. The van der Waals surface area contributed by atoms with Crippen molar-refractivity contribution in [2.45, 2.75) is 6.42 Å². The molecule has 1 aromatic rings. The molecule has 0 saturated heterocycles. The van der Waals surface area contributed by atoms with E-state index in [1.54, 1.807) is 6.07 Å². The van der Waals surface area contributed by atoms with E-state index in [0.29, 0.717) is 18.8 Å². The first kappa shape index (κ1) is 8.70. The second kappa shape index (κ2) is 3.46. The summed E-state index contributed by atoms with van der Waals surface area (Å²) in [7, 11) is 0. The van der Waals surface area contributed by atoms with Gasteiger partial charge in [0.15, 0.2) is 0 Å². The molecule has 0 aliphatic carbocycles. The summed E-state index contributed by atoms with van der Waals surface area (Å²) in [5, 5.41) is 0. The van der Waals surface area contributed by atoms with Crippen molar-refractivity contribution in [3.8, 4) is 0 Å². The van der Waals surface area contributed by atoms with Gasteiger partial charge in [0, 0.05) is 12.1 Å². The Balaban J connectivity index is 2.55. The van der Waals surface area contributed by atoms with Gasteiger partial charge in [-0.2, -0.15) is 0 Å². The van der Waals surface area contributed by atoms with Gasteiger partial charge in [0.1, 0.15) is 5.82 Å². The number of halogens is 2. The lowest BCUT2D eigenvalue weighted by Crippen LogP contribution is -2.15. The fraction of sp³-hybridized carbons (Fsp3) is 0.300. The van der Waals surface area contributed by atoms with Gasteiger partial charge in [-0.05, 0) is 18.1 Å². The Morgan fingerprint density at radius 2 is 2.31 bits per heavy atom. The van der Waals surface area contributed by atoms with E-state index >= 15 is 0 Å². The third-order valence-corrected chi connectivity index (χ3v) is 2.47. The van der Waals surface area contributed by atoms with Gasteiger partial charge < -0.3 is 0 Å². The van der Waals surface area contributed by atoms with Gasteiger partial charge >= 0.3 is 0 Å². The standard InChI is InChI=1S/C10H9ClFN/c11-6-10-8-2-1-3-9(12)7(8)4-5-13-10/h1-3H,4-6H2. The van der Waals surface area contributed by atoms with Crippen molar-refractivity contribution in [1.82, 2.24) is 0 Å². The average Bonchev–Trinajstić information content (AvgIpc) is 2.18. The summed E-state index contributed by atoms with van der Waals surface area (Å²) in [4.78, 5) is 4.25. The van der Waals surface area contributed by atoms with Crippen LogP contribution in [0.25, 0.3) is 0 Å². The van der Waals surface area contributed by atoms with Crippen molar-refractivity contribution in [1.29, 1.82) is 0 Å². The van der Waals surface area contributed by atoms with Crippen LogP contribution in [-0.2, 0) is 6.42 Å². The zero-order valence-electron chi connectivity index (χ0n) is 7.06. The molecule has 68 valence electrons. The molecule has 0 radical (unpaired) electrons. The van der Waals surface area contributed by atoms with E-state index in [9.17, 15) is 4.39 Å². The first-order valence-corrected chi connectivity index (χ1v) is 4.73. The lowest BCUT2D eigenvalue weighted by atomic mass is 9.98. The topological polar surface area (TPSA) is 12.4 Å². The van der Waals surface area contributed by atoms with E-state index in [1.807, 2.05) is 6.07 Å². The van der Waals surface area contributed by atoms with Crippen LogP contribution in [0, 0.1) is 5.82 Å². The van der Waals surface area contributed by atoms with Crippen LogP contribution in [0.1, 0.15) is 11.1 Å². The number of hydrogen-bond donors (Lipinski definition) is 0. The smallest absolute Gasteiger partial charge is 0.127 e. The van der Waals surface area contributed by atoms with Crippen LogP contribution in [-0.4, -0.2) is 18.1 Å². The minimum Gasteiger partial charge on any atom is -0.288 e. The second-order valence-electron chi connectivity index (χ2n) is 2.98. The summed E-state index contributed by atoms with van der Waals surface area (Å²) in [6, 6.07) is 5.05. The zero-order valence-corrected chi connectivity index (χ0v) is 7.81. The van der Waals surface area contributed by atoms with Crippen LogP contribution in [0.4, 0.5) is 4.39 Å². The lowest BCUT2D eigenvalue weighted by molar-refractivity contribution is 0.607. The molecule has 0 amide bonds. The highest BCUT2D eigenvalue weighted by atomic mass is 35.5. The maximum atomic E-state index is 13.3. The molecule has 1 aliphatic heterocycles. The van der Waals surface area contributed by atoms with Crippen molar-refractivity contribution in [2.24, 2.45) is 4.99 Å². The molecule has 0 bridgehead atoms. The second-order valence-corrected chi connectivity index (χ2v) is 3.25. The number of aliphatic imine (C=N–C) groups is 1. The Bertz CT molecular complexity index is 360. The van der Waals surface area contributed by atoms with Crippen LogP contribution in [0.15, 0.2) is 23.2 Å². The Morgan fingerprint density at radius 1 is 1.46 bits per heavy atom. The molecule has 13 heavy (non-hydrogen) atoms. The first-order chi connectivity index (χ1) is 6.33.